The van der Waals surface area contributed by atoms with Crippen LogP contribution in [0.3, 0.4) is 0 Å². The topological polar surface area (TPSA) is 3.24 Å². The van der Waals surface area contributed by atoms with Crippen LogP contribution in [0.5, 0.6) is 0 Å². The average Bonchev–Trinajstić information content (AvgIpc) is 2.92. The van der Waals surface area contributed by atoms with Gasteiger partial charge in [0, 0.05) is 19.1 Å². The van der Waals surface area contributed by atoms with E-state index in [4.69, 9.17) is 0 Å². The SMILES string of the molecule is CC(C)C1CN2CC3=C(CCCC3)C2CC1C1C=CC=CC1. The quantitative estimate of drug-likeness (QED) is 0.651. The second-order valence-corrected chi connectivity index (χ2v) is 8.30. The van der Waals surface area contributed by atoms with Gasteiger partial charge in [-0.05, 0) is 62.2 Å². The minimum absolute atomic E-state index is 0.785. The van der Waals surface area contributed by atoms with Crippen LogP contribution in [-0.4, -0.2) is 24.0 Å². The lowest BCUT2D eigenvalue weighted by Crippen LogP contribution is -2.48. The summed E-state index contributed by atoms with van der Waals surface area (Å²) >= 11 is 0. The van der Waals surface area contributed by atoms with E-state index < -0.39 is 0 Å². The van der Waals surface area contributed by atoms with Crippen LogP contribution in [0.15, 0.2) is 35.5 Å². The molecule has 0 bridgehead atoms. The Bertz CT molecular complexity index is 510. The molecule has 1 nitrogen and oxygen atoms in total. The summed E-state index contributed by atoms with van der Waals surface area (Å²) in [7, 11) is 0. The molecule has 4 aliphatic rings. The van der Waals surface area contributed by atoms with E-state index >= 15 is 0 Å². The van der Waals surface area contributed by atoms with Gasteiger partial charge in [-0.15, -0.1) is 0 Å². The number of fused-ring (bicyclic) bond motifs is 2. The van der Waals surface area contributed by atoms with Gasteiger partial charge in [0.2, 0.25) is 0 Å². The van der Waals surface area contributed by atoms with E-state index in [-0.39, 0.29) is 0 Å². The first kappa shape index (κ1) is 14.8. The molecule has 4 atom stereocenters. The molecule has 0 aromatic carbocycles. The van der Waals surface area contributed by atoms with Gasteiger partial charge in [-0.3, -0.25) is 4.90 Å². The molecule has 120 valence electrons. The fourth-order valence-electron chi connectivity index (χ4n) is 5.59. The summed E-state index contributed by atoms with van der Waals surface area (Å²) in [5.74, 6) is 3.35. The molecular weight excluding hydrogens is 266 g/mol. The fourth-order valence-corrected chi connectivity index (χ4v) is 5.59. The maximum atomic E-state index is 2.85. The van der Waals surface area contributed by atoms with Gasteiger partial charge < -0.3 is 0 Å². The molecule has 0 aromatic rings. The van der Waals surface area contributed by atoms with Crippen LogP contribution in [0, 0.1) is 23.7 Å². The smallest absolute Gasteiger partial charge is 0.0317 e. The highest BCUT2D eigenvalue weighted by Crippen LogP contribution is 2.47. The molecule has 0 amide bonds. The Morgan fingerprint density at radius 3 is 2.77 bits per heavy atom. The van der Waals surface area contributed by atoms with Gasteiger partial charge in [-0.25, -0.2) is 0 Å². The summed E-state index contributed by atoms with van der Waals surface area (Å²) in [6.45, 7) is 7.54. The summed E-state index contributed by atoms with van der Waals surface area (Å²) in [6, 6.07) is 0.801. The molecule has 2 aliphatic carbocycles. The third kappa shape index (κ3) is 2.52. The van der Waals surface area contributed by atoms with Crippen molar-refractivity contribution < 1.29 is 0 Å². The molecule has 4 unspecified atom stereocenters. The Labute approximate surface area is 136 Å². The monoisotopic (exact) mass is 297 g/mol. The van der Waals surface area contributed by atoms with Crippen molar-refractivity contribution in [2.45, 2.75) is 58.4 Å². The highest BCUT2D eigenvalue weighted by Gasteiger charge is 2.44. The average molecular weight is 297 g/mol. The molecule has 4 rings (SSSR count). The maximum Gasteiger partial charge on any atom is 0.0317 e. The summed E-state index contributed by atoms with van der Waals surface area (Å²) < 4.78 is 0. The van der Waals surface area contributed by atoms with Crippen LogP contribution in [-0.2, 0) is 0 Å². The van der Waals surface area contributed by atoms with Crippen molar-refractivity contribution in [3.05, 3.63) is 35.5 Å². The number of hydrogen-bond donors (Lipinski definition) is 0. The molecule has 22 heavy (non-hydrogen) atoms. The van der Waals surface area contributed by atoms with E-state index in [1.54, 1.807) is 0 Å². The highest BCUT2D eigenvalue weighted by atomic mass is 15.2. The van der Waals surface area contributed by atoms with Gasteiger partial charge in [0.15, 0.2) is 0 Å². The summed E-state index contributed by atoms with van der Waals surface area (Å²) in [6.07, 6.45) is 17.8. The number of rotatable bonds is 2. The number of allylic oxidation sites excluding steroid dienone is 4. The van der Waals surface area contributed by atoms with Crippen LogP contribution < -0.4 is 0 Å². The molecule has 0 saturated carbocycles. The van der Waals surface area contributed by atoms with Crippen molar-refractivity contribution >= 4 is 0 Å². The predicted octanol–water partition coefficient (Wildman–Crippen LogP) is 4.97. The van der Waals surface area contributed by atoms with E-state index in [0.29, 0.717) is 0 Å². The zero-order chi connectivity index (χ0) is 15.1. The van der Waals surface area contributed by atoms with Gasteiger partial charge >= 0.3 is 0 Å². The summed E-state index contributed by atoms with van der Waals surface area (Å²) in [5, 5.41) is 0. The number of piperidine rings is 1. The summed E-state index contributed by atoms with van der Waals surface area (Å²) in [5.41, 5.74) is 3.70. The van der Waals surface area contributed by atoms with Gasteiger partial charge in [0.25, 0.3) is 0 Å². The predicted molar refractivity (Wildman–Crippen MR) is 93.7 cm³/mol. The molecule has 0 spiro atoms. The second kappa shape index (κ2) is 6.00. The Kier molecular flexibility index (Phi) is 4.02. The molecule has 0 radical (unpaired) electrons. The van der Waals surface area contributed by atoms with E-state index in [1.807, 2.05) is 11.1 Å². The zero-order valence-corrected chi connectivity index (χ0v) is 14.3. The van der Waals surface area contributed by atoms with Gasteiger partial charge in [-0.1, -0.05) is 49.3 Å². The largest absolute Gasteiger partial charge is 0.292 e. The van der Waals surface area contributed by atoms with Crippen LogP contribution >= 0.6 is 0 Å². The minimum atomic E-state index is 0.785. The Morgan fingerprint density at radius 1 is 1.14 bits per heavy atom. The van der Waals surface area contributed by atoms with Crippen LogP contribution in [0.25, 0.3) is 0 Å². The Morgan fingerprint density at radius 2 is 2.00 bits per heavy atom. The fraction of sp³-hybridized carbons (Fsp3) is 0.714. The molecule has 0 N–H and O–H groups in total. The third-order valence-corrected chi connectivity index (χ3v) is 6.78. The van der Waals surface area contributed by atoms with E-state index in [9.17, 15) is 0 Å². The van der Waals surface area contributed by atoms with Crippen LogP contribution in [0.1, 0.15) is 52.4 Å². The standard InChI is InChI=1S/C21H31N/c1-15(2)20-14-22-13-17-10-6-7-11-18(17)21(22)12-19(20)16-8-4-3-5-9-16/h3-5,8,15-16,19-21H,6-7,9-14H2,1-2H3. The molecule has 1 fully saturated rings. The van der Waals surface area contributed by atoms with Gasteiger partial charge in [0.1, 0.15) is 0 Å². The van der Waals surface area contributed by atoms with Crippen molar-refractivity contribution in [3.8, 4) is 0 Å². The van der Waals surface area contributed by atoms with E-state index in [0.717, 1.165) is 29.7 Å². The van der Waals surface area contributed by atoms with Crippen molar-refractivity contribution in [1.29, 1.82) is 0 Å². The van der Waals surface area contributed by atoms with Gasteiger partial charge in [-0.2, -0.15) is 0 Å². The lowest BCUT2D eigenvalue weighted by molar-refractivity contribution is 0.0498. The second-order valence-electron chi connectivity index (χ2n) is 8.30. The molecule has 1 heteroatoms. The minimum Gasteiger partial charge on any atom is -0.292 e. The lowest BCUT2D eigenvalue weighted by Gasteiger charge is -2.46. The molecule has 2 heterocycles. The van der Waals surface area contributed by atoms with Crippen molar-refractivity contribution in [2.75, 3.05) is 13.1 Å². The first-order valence-electron chi connectivity index (χ1n) is 9.52. The van der Waals surface area contributed by atoms with Crippen LogP contribution in [0.4, 0.5) is 0 Å². The molecule has 0 aromatic heterocycles. The Balaban J connectivity index is 1.58. The first-order valence-corrected chi connectivity index (χ1v) is 9.52. The molecule has 1 saturated heterocycles. The Hall–Kier alpha value is -0.820. The van der Waals surface area contributed by atoms with Crippen molar-refractivity contribution in [3.63, 3.8) is 0 Å². The molecular formula is C21H31N. The normalized spacial score (nSPS) is 38.5. The highest BCUT2D eigenvalue weighted by molar-refractivity contribution is 5.31. The van der Waals surface area contributed by atoms with E-state index in [2.05, 4.69) is 43.1 Å². The first-order chi connectivity index (χ1) is 10.7. The third-order valence-electron chi connectivity index (χ3n) is 6.78. The maximum absolute atomic E-state index is 2.85. The summed E-state index contributed by atoms with van der Waals surface area (Å²) in [4.78, 5) is 2.85. The van der Waals surface area contributed by atoms with Crippen molar-refractivity contribution in [1.82, 2.24) is 4.90 Å². The number of nitrogens with zero attached hydrogens (tertiary/aromatic N) is 1. The zero-order valence-electron chi connectivity index (χ0n) is 14.3. The molecule has 2 aliphatic heterocycles. The van der Waals surface area contributed by atoms with Crippen LogP contribution in [0.2, 0.25) is 0 Å². The lowest BCUT2D eigenvalue weighted by atomic mass is 9.68. The van der Waals surface area contributed by atoms with E-state index in [1.165, 1.54) is 51.6 Å². The van der Waals surface area contributed by atoms with Gasteiger partial charge in [0.05, 0.1) is 0 Å². The van der Waals surface area contributed by atoms with Crippen molar-refractivity contribution in [2.24, 2.45) is 23.7 Å². The number of hydrogen-bond acceptors (Lipinski definition) is 1.